The number of nitrogens with zero attached hydrogens (tertiary/aromatic N) is 2. The number of benzene rings is 3. The van der Waals surface area contributed by atoms with Crippen LogP contribution in [0.25, 0.3) is 0 Å². The van der Waals surface area contributed by atoms with Crippen LogP contribution >= 0.6 is 31.9 Å². The molecule has 0 aliphatic rings. The van der Waals surface area contributed by atoms with Gasteiger partial charge in [-0.25, -0.2) is 0 Å². The summed E-state index contributed by atoms with van der Waals surface area (Å²) in [6.07, 6.45) is 0. The molecule has 0 aromatic heterocycles. The Bertz CT molecular complexity index is 803. The van der Waals surface area contributed by atoms with Crippen molar-refractivity contribution in [2.45, 2.75) is 6.54 Å². The Morgan fingerprint density at radius 1 is 0.615 bits per heavy atom. The quantitative estimate of drug-likeness (QED) is 0.364. The van der Waals surface area contributed by atoms with Gasteiger partial charge in [-0.15, -0.1) is 0 Å². The van der Waals surface area contributed by atoms with Crippen molar-refractivity contribution in [3.63, 3.8) is 0 Å². The van der Waals surface area contributed by atoms with Gasteiger partial charge in [0.1, 0.15) is 6.54 Å². The summed E-state index contributed by atoms with van der Waals surface area (Å²) < 4.78 is 3.08. The van der Waals surface area contributed by atoms with E-state index in [1.165, 1.54) is 5.56 Å². The van der Waals surface area contributed by atoms with E-state index in [9.17, 15) is 0 Å². The molecular formula is C22H23Br2N2+. The van der Waals surface area contributed by atoms with Gasteiger partial charge < -0.3 is 9.38 Å². The van der Waals surface area contributed by atoms with Crippen LogP contribution in [0.5, 0.6) is 0 Å². The molecule has 0 saturated carbocycles. The van der Waals surface area contributed by atoms with E-state index >= 15 is 0 Å². The zero-order valence-electron chi connectivity index (χ0n) is 15.3. The van der Waals surface area contributed by atoms with Crippen LogP contribution in [0.4, 0.5) is 17.1 Å². The Balaban J connectivity index is 2.00. The Morgan fingerprint density at radius 3 is 1.31 bits per heavy atom. The molecule has 134 valence electrons. The molecule has 0 unspecified atom stereocenters. The summed E-state index contributed by atoms with van der Waals surface area (Å²) >= 11 is 7.06. The summed E-state index contributed by atoms with van der Waals surface area (Å²) in [5, 5.41) is 0. The van der Waals surface area contributed by atoms with E-state index in [0.29, 0.717) is 0 Å². The Morgan fingerprint density at radius 2 is 0.962 bits per heavy atom. The highest BCUT2D eigenvalue weighted by molar-refractivity contribution is 9.10. The minimum absolute atomic E-state index is 0.919. The van der Waals surface area contributed by atoms with Gasteiger partial charge in [-0.05, 0) is 60.7 Å². The van der Waals surface area contributed by atoms with Crippen LogP contribution in [0.1, 0.15) is 5.56 Å². The van der Waals surface area contributed by atoms with Crippen LogP contribution in [0.15, 0.2) is 81.7 Å². The van der Waals surface area contributed by atoms with E-state index in [2.05, 4.69) is 131 Å². The maximum absolute atomic E-state index is 3.53. The van der Waals surface area contributed by atoms with Crippen molar-refractivity contribution in [2.24, 2.45) is 0 Å². The number of halogens is 2. The van der Waals surface area contributed by atoms with Crippen molar-refractivity contribution in [1.29, 1.82) is 0 Å². The summed E-state index contributed by atoms with van der Waals surface area (Å²) in [5.74, 6) is 0. The average molecular weight is 475 g/mol. The summed E-state index contributed by atoms with van der Waals surface area (Å²) in [5.41, 5.74) is 4.76. The van der Waals surface area contributed by atoms with Gasteiger partial charge in [0.15, 0.2) is 0 Å². The lowest BCUT2D eigenvalue weighted by molar-refractivity contribution is -0.884. The van der Waals surface area contributed by atoms with Crippen molar-refractivity contribution in [1.82, 2.24) is 0 Å². The molecule has 0 radical (unpaired) electrons. The molecule has 3 aromatic carbocycles. The lowest BCUT2D eigenvalue weighted by atomic mass is 10.1. The zero-order valence-corrected chi connectivity index (χ0v) is 18.5. The number of rotatable bonds is 5. The van der Waals surface area contributed by atoms with Crippen LogP contribution in [0.2, 0.25) is 0 Å². The van der Waals surface area contributed by atoms with E-state index in [4.69, 9.17) is 0 Å². The maximum atomic E-state index is 3.53. The largest absolute Gasteiger partial charge is 0.327 e. The molecule has 3 aromatic rings. The van der Waals surface area contributed by atoms with E-state index in [0.717, 1.165) is 37.0 Å². The number of anilines is 3. The molecule has 26 heavy (non-hydrogen) atoms. The molecular weight excluding hydrogens is 452 g/mol. The first-order valence-corrected chi connectivity index (χ1v) is 10.1. The van der Waals surface area contributed by atoms with Crippen molar-refractivity contribution in [3.8, 4) is 0 Å². The summed E-state index contributed by atoms with van der Waals surface area (Å²) in [6, 6.07) is 25.7. The average Bonchev–Trinajstić information content (AvgIpc) is 2.59. The SMILES string of the molecule is C[N+](C)(C)Cc1ccc(N(c2ccc(Br)cc2)c2ccc(Br)cc2)cc1. The lowest BCUT2D eigenvalue weighted by Gasteiger charge is -2.27. The van der Waals surface area contributed by atoms with Crippen LogP contribution in [-0.2, 0) is 6.54 Å². The molecule has 4 heteroatoms. The second-order valence-corrected chi connectivity index (χ2v) is 9.23. The molecule has 0 bridgehead atoms. The van der Waals surface area contributed by atoms with Crippen molar-refractivity contribution in [3.05, 3.63) is 87.3 Å². The van der Waals surface area contributed by atoms with E-state index in [1.54, 1.807) is 0 Å². The molecule has 0 amide bonds. The van der Waals surface area contributed by atoms with Crippen LogP contribution < -0.4 is 4.90 Å². The highest BCUT2D eigenvalue weighted by atomic mass is 79.9. The van der Waals surface area contributed by atoms with Gasteiger partial charge >= 0.3 is 0 Å². The Kier molecular flexibility index (Phi) is 5.86. The highest BCUT2D eigenvalue weighted by Crippen LogP contribution is 2.35. The third kappa shape index (κ3) is 4.97. The molecule has 0 saturated heterocycles. The minimum Gasteiger partial charge on any atom is -0.327 e. The molecule has 0 spiro atoms. The van der Waals surface area contributed by atoms with Gasteiger partial charge in [0, 0.05) is 31.6 Å². The number of hydrogen-bond acceptors (Lipinski definition) is 1. The topological polar surface area (TPSA) is 3.24 Å². The van der Waals surface area contributed by atoms with Gasteiger partial charge in [0.05, 0.1) is 21.1 Å². The van der Waals surface area contributed by atoms with E-state index in [-0.39, 0.29) is 0 Å². The fourth-order valence-corrected chi connectivity index (χ4v) is 3.45. The fraction of sp³-hybridized carbons (Fsp3) is 0.182. The predicted octanol–water partition coefficient (Wildman–Crippen LogP) is 6.89. The zero-order chi connectivity index (χ0) is 18.7. The van der Waals surface area contributed by atoms with Crippen molar-refractivity contribution in [2.75, 3.05) is 26.0 Å². The van der Waals surface area contributed by atoms with Gasteiger partial charge in [0.2, 0.25) is 0 Å². The standard InChI is InChI=1S/C22H23Br2N2/c1-26(2,3)16-17-4-10-20(11-5-17)25(21-12-6-18(23)7-13-21)22-14-8-19(24)9-15-22/h4-15H,16H2,1-3H3/q+1. The van der Waals surface area contributed by atoms with Crippen LogP contribution in [0, 0.1) is 0 Å². The Hall–Kier alpha value is -1.62. The first-order valence-electron chi connectivity index (χ1n) is 8.52. The maximum Gasteiger partial charge on any atom is 0.104 e. The van der Waals surface area contributed by atoms with Crippen LogP contribution in [0.3, 0.4) is 0 Å². The minimum atomic E-state index is 0.919. The second-order valence-electron chi connectivity index (χ2n) is 7.40. The van der Waals surface area contributed by atoms with Crippen LogP contribution in [-0.4, -0.2) is 25.6 Å². The molecule has 2 nitrogen and oxygen atoms in total. The predicted molar refractivity (Wildman–Crippen MR) is 118 cm³/mol. The molecule has 0 aliphatic carbocycles. The Labute approximate surface area is 172 Å². The van der Waals surface area contributed by atoms with Gasteiger partial charge in [-0.1, -0.05) is 44.0 Å². The fourth-order valence-electron chi connectivity index (χ4n) is 2.93. The van der Waals surface area contributed by atoms with Gasteiger partial charge in [0.25, 0.3) is 0 Å². The van der Waals surface area contributed by atoms with Crippen molar-refractivity contribution >= 4 is 48.9 Å². The number of quaternary nitrogens is 1. The summed E-state index contributed by atoms with van der Waals surface area (Å²) in [6.45, 7) is 1.01. The first-order chi connectivity index (χ1) is 12.3. The highest BCUT2D eigenvalue weighted by Gasteiger charge is 2.14. The second kappa shape index (κ2) is 7.95. The lowest BCUT2D eigenvalue weighted by Crippen LogP contribution is -2.33. The summed E-state index contributed by atoms with van der Waals surface area (Å²) in [4.78, 5) is 2.27. The van der Waals surface area contributed by atoms with Crippen molar-refractivity contribution < 1.29 is 4.48 Å². The van der Waals surface area contributed by atoms with E-state index in [1.807, 2.05) is 0 Å². The third-order valence-corrected chi connectivity index (χ3v) is 5.08. The van der Waals surface area contributed by atoms with E-state index < -0.39 is 0 Å². The molecule has 0 aliphatic heterocycles. The van der Waals surface area contributed by atoms with Gasteiger partial charge in [-0.2, -0.15) is 0 Å². The van der Waals surface area contributed by atoms with Gasteiger partial charge in [-0.3, -0.25) is 0 Å². The number of hydrogen-bond donors (Lipinski definition) is 0. The summed E-state index contributed by atoms with van der Waals surface area (Å²) in [7, 11) is 6.64. The molecule has 0 atom stereocenters. The smallest absolute Gasteiger partial charge is 0.104 e. The molecule has 0 N–H and O–H groups in total. The molecule has 3 rings (SSSR count). The monoisotopic (exact) mass is 473 g/mol. The third-order valence-electron chi connectivity index (χ3n) is 4.02. The first kappa shape index (κ1) is 19.2. The molecule has 0 fully saturated rings. The molecule has 0 heterocycles. The normalized spacial score (nSPS) is 11.4.